The van der Waals surface area contributed by atoms with Gasteiger partial charge in [-0.1, -0.05) is 0 Å². The molecule has 1 saturated heterocycles. The summed E-state index contributed by atoms with van der Waals surface area (Å²) in [5.41, 5.74) is 5.30. The van der Waals surface area contributed by atoms with Crippen molar-refractivity contribution in [1.29, 1.82) is 0 Å². The summed E-state index contributed by atoms with van der Waals surface area (Å²) in [6.07, 6.45) is 0. The topological polar surface area (TPSA) is 85.0 Å². The highest BCUT2D eigenvalue weighted by molar-refractivity contribution is 6.07. The van der Waals surface area contributed by atoms with Gasteiger partial charge in [-0.3, -0.25) is 4.79 Å². The smallest absolute Gasteiger partial charge is 0.251 e. The van der Waals surface area contributed by atoms with E-state index in [1.807, 2.05) is 0 Å². The summed E-state index contributed by atoms with van der Waals surface area (Å²) in [6, 6.07) is 7.02. The molecule has 1 aromatic rings. The minimum Gasteiger partial charge on any atom is -0.468 e. The predicted octanol–water partition coefficient (Wildman–Crippen LogP) is -0.294. The number of aliphatic hydroxyl groups excluding tert-OH is 1. The minimum absolute atomic E-state index is 0.179. The van der Waals surface area contributed by atoms with Gasteiger partial charge in [0, 0.05) is 12.8 Å². The Morgan fingerprint density at radius 1 is 1.44 bits per heavy atom. The fourth-order valence-corrected chi connectivity index (χ4v) is 1.77. The molecule has 1 aliphatic heterocycles. The van der Waals surface area contributed by atoms with Crippen molar-refractivity contribution in [3.63, 3.8) is 0 Å². The summed E-state index contributed by atoms with van der Waals surface area (Å²) in [6.45, 7) is 0.163. The number of ether oxygens (including phenoxy) is 2. The zero-order valence-corrected chi connectivity index (χ0v) is 10.1. The Morgan fingerprint density at radius 3 is 2.61 bits per heavy atom. The number of nitrogens with two attached hydrogens (primary N) is 1. The molecule has 1 aliphatic rings. The van der Waals surface area contributed by atoms with E-state index in [0.717, 1.165) is 5.69 Å². The number of rotatable bonds is 5. The van der Waals surface area contributed by atoms with Crippen LogP contribution in [0.2, 0.25) is 0 Å². The van der Waals surface area contributed by atoms with Crippen LogP contribution in [0.5, 0.6) is 5.75 Å². The Bertz CT molecular complexity index is 434. The van der Waals surface area contributed by atoms with Crippen LogP contribution in [0.25, 0.3) is 0 Å². The number of β-lactam (4-membered cyclic amide) rings is 1. The van der Waals surface area contributed by atoms with E-state index in [0.29, 0.717) is 12.3 Å². The van der Waals surface area contributed by atoms with Crippen molar-refractivity contribution >= 4 is 11.6 Å². The second kappa shape index (κ2) is 4.93. The molecule has 1 unspecified atom stereocenters. The summed E-state index contributed by atoms with van der Waals surface area (Å²) in [4.78, 5) is 13.3. The van der Waals surface area contributed by atoms with Crippen molar-refractivity contribution in [3.8, 4) is 5.75 Å². The molecule has 0 saturated carbocycles. The monoisotopic (exact) mass is 252 g/mol. The Hall–Kier alpha value is -1.63. The highest BCUT2D eigenvalue weighted by atomic mass is 16.7. The lowest BCUT2D eigenvalue weighted by molar-refractivity contribution is -0.130. The van der Waals surface area contributed by atoms with Gasteiger partial charge in [0.25, 0.3) is 5.91 Å². The maximum atomic E-state index is 11.8. The third-order valence-corrected chi connectivity index (χ3v) is 2.89. The van der Waals surface area contributed by atoms with Crippen molar-refractivity contribution < 1.29 is 19.4 Å². The predicted molar refractivity (Wildman–Crippen MR) is 65.3 cm³/mol. The molecule has 0 radical (unpaired) electrons. The van der Waals surface area contributed by atoms with Gasteiger partial charge in [-0.25, -0.2) is 0 Å². The van der Waals surface area contributed by atoms with Gasteiger partial charge < -0.3 is 25.2 Å². The first-order valence-corrected chi connectivity index (χ1v) is 5.54. The van der Waals surface area contributed by atoms with E-state index < -0.39 is 5.54 Å². The largest absolute Gasteiger partial charge is 0.468 e. The van der Waals surface area contributed by atoms with E-state index in [4.69, 9.17) is 20.3 Å². The summed E-state index contributed by atoms with van der Waals surface area (Å²) in [7, 11) is 1.54. The summed E-state index contributed by atoms with van der Waals surface area (Å²) < 4.78 is 10.0. The second-order valence-corrected chi connectivity index (χ2v) is 4.25. The van der Waals surface area contributed by atoms with Crippen molar-refractivity contribution in [2.24, 2.45) is 5.73 Å². The van der Waals surface area contributed by atoms with Crippen LogP contribution in [-0.4, -0.2) is 43.6 Å². The number of anilines is 1. The van der Waals surface area contributed by atoms with Gasteiger partial charge in [0.05, 0.1) is 13.2 Å². The van der Waals surface area contributed by atoms with Gasteiger partial charge in [-0.15, -0.1) is 0 Å². The van der Waals surface area contributed by atoms with Gasteiger partial charge in [-0.05, 0) is 24.3 Å². The second-order valence-electron chi connectivity index (χ2n) is 4.25. The van der Waals surface area contributed by atoms with Crippen molar-refractivity contribution in [3.05, 3.63) is 24.3 Å². The van der Waals surface area contributed by atoms with Gasteiger partial charge in [-0.2, -0.15) is 0 Å². The lowest BCUT2D eigenvalue weighted by Crippen LogP contribution is -2.74. The van der Waals surface area contributed by atoms with Crippen molar-refractivity contribution in [2.75, 3.05) is 32.0 Å². The number of benzene rings is 1. The molecule has 0 bridgehead atoms. The Balaban J connectivity index is 2.01. The molecule has 2 rings (SSSR count). The number of carbonyl (C=O) groups is 1. The van der Waals surface area contributed by atoms with Gasteiger partial charge in [0.15, 0.2) is 6.79 Å². The van der Waals surface area contributed by atoms with Crippen molar-refractivity contribution in [2.45, 2.75) is 5.54 Å². The molecule has 6 heteroatoms. The van der Waals surface area contributed by atoms with E-state index >= 15 is 0 Å². The number of carbonyl (C=O) groups excluding carboxylic acids is 1. The fraction of sp³-hybridized carbons (Fsp3) is 0.417. The number of hydrogen-bond acceptors (Lipinski definition) is 5. The van der Waals surface area contributed by atoms with E-state index in [1.54, 1.807) is 31.4 Å². The maximum absolute atomic E-state index is 11.8. The molecule has 0 aliphatic carbocycles. The number of hydrogen-bond donors (Lipinski definition) is 2. The molecule has 18 heavy (non-hydrogen) atoms. The highest BCUT2D eigenvalue weighted by Crippen LogP contribution is 2.28. The quantitative estimate of drug-likeness (QED) is 0.555. The zero-order chi connectivity index (χ0) is 13.2. The molecule has 6 nitrogen and oxygen atoms in total. The Labute approximate surface area is 105 Å². The third-order valence-electron chi connectivity index (χ3n) is 2.89. The first-order valence-electron chi connectivity index (χ1n) is 5.54. The molecule has 1 heterocycles. The molecular formula is C12H16N2O4. The molecule has 1 atom stereocenters. The van der Waals surface area contributed by atoms with E-state index in [2.05, 4.69) is 0 Å². The van der Waals surface area contributed by atoms with Crippen LogP contribution < -0.4 is 15.4 Å². The maximum Gasteiger partial charge on any atom is 0.251 e. The van der Waals surface area contributed by atoms with E-state index in [1.165, 1.54) is 4.90 Å². The first kappa shape index (κ1) is 12.8. The van der Waals surface area contributed by atoms with Crippen LogP contribution in [0.15, 0.2) is 24.3 Å². The van der Waals surface area contributed by atoms with Gasteiger partial charge in [0.2, 0.25) is 0 Å². The number of aliphatic hydroxyl groups is 1. The molecule has 98 valence electrons. The van der Waals surface area contributed by atoms with Crippen LogP contribution in [0.1, 0.15) is 0 Å². The number of amides is 1. The molecule has 3 N–H and O–H groups in total. The Morgan fingerprint density at radius 2 is 2.11 bits per heavy atom. The normalized spacial score (nSPS) is 22.8. The zero-order valence-electron chi connectivity index (χ0n) is 10.1. The van der Waals surface area contributed by atoms with Gasteiger partial charge >= 0.3 is 0 Å². The SMILES string of the molecule is COCOc1ccc(N2CC(N)(CO)C2=O)cc1. The standard InChI is InChI=1S/C12H16N2O4/c1-17-8-18-10-4-2-9(3-5-10)14-6-12(13,7-15)11(14)16/h2-5,15H,6-8,13H2,1H3. The van der Waals surface area contributed by atoms with E-state index in [-0.39, 0.29) is 19.3 Å². The highest BCUT2D eigenvalue weighted by Gasteiger charge is 2.49. The average Bonchev–Trinajstić information content (AvgIpc) is 2.42. The third kappa shape index (κ3) is 2.17. The van der Waals surface area contributed by atoms with Crippen LogP contribution in [0.3, 0.4) is 0 Å². The fourth-order valence-electron chi connectivity index (χ4n) is 1.77. The van der Waals surface area contributed by atoms with Crippen molar-refractivity contribution in [1.82, 2.24) is 0 Å². The lowest BCUT2D eigenvalue weighted by Gasteiger charge is -2.45. The summed E-state index contributed by atoms with van der Waals surface area (Å²) >= 11 is 0. The number of methoxy groups -OCH3 is 1. The summed E-state index contributed by atoms with van der Waals surface area (Å²) in [5.74, 6) is 0.394. The van der Waals surface area contributed by atoms with E-state index in [9.17, 15) is 4.79 Å². The minimum atomic E-state index is -1.12. The first-order chi connectivity index (χ1) is 8.60. The summed E-state index contributed by atoms with van der Waals surface area (Å²) in [5, 5.41) is 9.02. The number of nitrogens with zero attached hydrogens (tertiary/aromatic N) is 1. The molecular weight excluding hydrogens is 236 g/mol. The molecule has 0 spiro atoms. The van der Waals surface area contributed by atoms with Crippen LogP contribution in [-0.2, 0) is 9.53 Å². The molecule has 1 fully saturated rings. The Kier molecular flexibility index (Phi) is 3.51. The van der Waals surface area contributed by atoms with Crippen LogP contribution in [0.4, 0.5) is 5.69 Å². The van der Waals surface area contributed by atoms with Gasteiger partial charge in [0.1, 0.15) is 11.3 Å². The molecule has 1 aromatic carbocycles. The average molecular weight is 252 g/mol. The van der Waals surface area contributed by atoms with Crippen LogP contribution in [0, 0.1) is 0 Å². The molecule has 0 aromatic heterocycles. The van der Waals surface area contributed by atoms with Crippen LogP contribution >= 0.6 is 0 Å². The lowest BCUT2D eigenvalue weighted by atomic mass is 9.90. The molecule has 1 amide bonds.